The van der Waals surface area contributed by atoms with Gasteiger partial charge in [0.1, 0.15) is 6.61 Å². The third-order valence-electron chi connectivity index (χ3n) is 2.74. The van der Waals surface area contributed by atoms with Crippen LogP contribution in [0, 0.1) is 28.9 Å². The lowest BCUT2D eigenvalue weighted by Gasteiger charge is -2.06. The van der Waals surface area contributed by atoms with Crippen molar-refractivity contribution in [3.05, 3.63) is 55.8 Å². The molecule has 2 rings (SSSR count). The van der Waals surface area contributed by atoms with Gasteiger partial charge in [0, 0.05) is 11.6 Å². The summed E-state index contributed by atoms with van der Waals surface area (Å²) in [6.45, 7) is 2.34. The summed E-state index contributed by atoms with van der Waals surface area (Å²) in [4.78, 5) is 11.5. The summed E-state index contributed by atoms with van der Waals surface area (Å²) in [6, 6.07) is 6.78. The van der Waals surface area contributed by atoms with Crippen molar-refractivity contribution in [1.29, 1.82) is 0 Å². The first-order valence-electron chi connectivity index (χ1n) is 6.25. The molecule has 0 aliphatic heterocycles. The molecule has 0 saturated heterocycles. The molecule has 0 radical (unpaired) electrons. The van der Waals surface area contributed by atoms with Crippen molar-refractivity contribution in [2.75, 3.05) is 6.54 Å². The molecule has 0 unspecified atom stereocenters. The first kappa shape index (κ1) is 15.0. The zero-order valence-electron chi connectivity index (χ0n) is 11.5. The van der Waals surface area contributed by atoms with Gasteiger partial charge in [-0.1, -0.05) is 17.9 Å². The van der Waals surface area contributed by atoms with Gasteiger partial charge in [0.05, 0.1) is 16.3 Å². The molecule has 6 heteroatoms. The lowest BCUT2D eigenvalue weighted by molar-refractivity contribution is -0.386. The van der Waals surface area contributed by atoms with Crippen LogP contribution in [-0.2, 0) is 6.61 Å². The Morgan fingerprint density at radius 1 is 1.43 bits per heavy atom. The molecule has 0 amide bonds. The van der Waals surface area contributed by atoms with E-state index in [1.165, 1.54) is 17.4 Å². The maximum Gasteiger partial charge on any atom is 0.311 e. The number of rotatable bonds is 4. The van der Waals surface area contributed by atoms with Crippen molar-refractivity contribution in [2.45, 2.75) is 13.5 Å². The van der Waals surface area contributed by atoms with Crippen LogP contribution in [0.4, 0.5) is 5.69 Å². The van der Waals surface area contributed by atoms with Gasteiger partial charge in [0.15, 0.2) is 5.75 Å². The molecule has 0 saturated carbocycles. The fourth-order valence-electron chi connectivity index (χ4n) is 1.75. The predicted molar refractivity (Wildman–Crippen MR) is 82.4 cm³/mol. The third kappa shape index (κ3) is 3.81. The number of ether oxygens (including phenoxy) is 1. The smallest absolute Gasteiger partial charge is 0.311 e. The molecule has 21 heavy (non-hydrogen) atoms. The van der Waals surface area contributed by atoms with Gasteiger partial charge in [0.25, 0.3) is 0 Å². The number of nitro benzene ring substituents is 1. The predicted octanol–water partition coefficient (Wildman–Crippen LogP) is 2.85. The first-order chi connectivity index (χ1) is 10.1. The van der Waals surface area contributed by atoms with Crippen LogP contribution in [0.25, 0.3) is 0 Å². The molecule has 0 fully saturated rings. The molecule has 1 aromatic heterocycles. The monoisotopic (exact) mass is 302 g/mol. The number of nitrogens with zero attached hydrogens (tertiary/aromatic N) is 1. The van der Waals surface area contributed by atoms with Crippen molar-refractivity contribution in [1.82, 2.24) is 0 Å². The number of hydrogen-bond acceptors (Lipinski definition) is 5. The number of nitrogens with two attached hydrogens (primary N) is 1. The van der Waals surface area contributed by atoms with Crippen LogP contribution in [0.3, 0.4) is 0 Å². The molecule has 1 heterocycles. The van der Waals surface area contributed by atoms with E-state index in [2.05, 4.69) is 11.8 Å². The fourth-order valence-corrected chi connectivity index (χ4v) is 2.49. The van der Waals surface area contributed by atoms with E-state index in [0.29, 0.717) is 6.54 Å². The van der Waals surface area contributed by atoms with Gasteiger partial charge in [-0.2, -0.15) is 0 Å². The number of hydrogen-bond donors (Lipinski definition) is 1. The summed E-state index contributed by atoms with van der Waals surface area (Å²) >= 11 is 1.50. The first-order valence-corrected chi connectivity index (χ1v) is 7.13. The minimum atomic E-state index is -0.439. The van der Waals surface area contributed by atoms with E-state index >= 15 is 0 Å². The standard InChI is InChI=1S/C15H14N2O3S/c1-11-4-5-14(13(9-11)17(18)19)20-10-15-12(3-2-7-16)6-8-21-15/h4-6,8-9H,7,10,16H2,1H3. The van der Waals surface area contributed by atoms with Gasteiger partial charge < -0.3 is 10.5 Å². The lowest BCUT2D eigenvalue weighted by Crippen LogP contribution is -1.99. The van der Waals surface area contributed by atoms with E-state index in [1.54, 1.807) is 19.1 Å². The fraction of sp³-hybridized carbons (Fsp3) is 0.200. The number of aryl methyl sites for hydroxylation is 1. The van der Waals surface area contributed by atoms with E-state index in [-0.39, 0.29) is 18.0 Å². The highest BCUT2D eigenvalue weighted by Crippen LogP contribution is 2.29. The summed E-state index contributed by atoms with van der Waals surface area (Å²) in [5.74, 6) is 6.01. The van der Waals surface area contributed by atoms with E-state index in [1.807, 2.05) is 11.4 Å². The molecule has 5 nitrogen and oxygen atoms in total. The Labute approximate surface area is 126 Å². The maximum atomic E-state index is 11.0. The Morgan fingerprint density at radius 3 is 2.95 bits per heavy atom. The summed E-state index contributed by atoms with van der Waals surface area (Å²) < 4.78 is 5.59. The lowest BCUT2D eigenvalue weighted by atomic mass is 10.2. The van der Waals surface area contributed by atoms with Crippen LogP contribution in [0.15, 0.2) is 29.6 Å². The van der Waals surface area contributed by atoms with Gasteiger partial charge in [-0.3, -0.25) is 10.1 Å². The Morgan fingerprint density at radius 2 is 2.24 bits per heavy atom. The summed E-state index contributed by atoms with van der Waals surface area (Å²) in [7, 11) is 0. The second-order valence-corrected chi connectivity index (χ2v) is 5.28. The summed E-state index contributed by atoms with van der Waals surface area (Å²) in [5.41, 5.74) is 6.99. The Hall–Kier alpha value is -2.36. The Balaban J connectivity index is 2.17. The second kappa shape index (κ2) is 6.88. The van der Waals surface area contributed by atoms with Gasteiger partial charge >= 0.3 is 5.69 Å². The largest absolute Gasteiger partial charge is 0.481 e. The zero-order valence-corrected chi connectivity index (χ0v) is 12.3. The molecule has 0 atom stereocenters. The molecular weight excluding hydrogens is 288 g/mol. The van der Waals surface area contributed by atoms with Crippen molar-refractivity contribution in [3.63, 3.8) is 0 Å². The molecule has 1 aromatic carbocycles. The molecule has 108 valence electrons. The molecule has 0 bridgehead atoms. The van der Waals surface area contributed by atoms with Crippen molar-refractivity contribution >= 4 is 17.0 Å². The second-order valence-electron chi connectivity index (χ2n) is 4.28. The van der Waals surface area contributed by atoms with E-state index in [9.17, 15) is 10.1 Å². The van der Waals surface area contributed by atoms with E-state index in [4.69, 9.17) is 10.5 Å². The van der Waals surface area contributed by atoms with Crippen LogP contribution < -0.4 is 10.5 Å². The number of nitro groups is 1. The topological polar surface area (TPSA) is 78.4 Å². The highest BCUT2D eigenvalue weighted by atomic mass is 32.1. The van der Waals surface area contributed by atoms with E-state index < -0.39 is 4.92 Å². The number of benzene rings is 1. The summed E-state index contributed by atoms with van der Waals surface area (Å²) in [6.07, 6.45) is 0. The van der Waals surface area contributed by atoms with Crippen LogP contribution >= 0.6 is 11.3 Å². The molecule has 0 aliphatic rings. The highest BCUT2D eigenvalue weighted by molar-refractivity contribution is 7.10. The minimum absolute atomic E-state index is 0.0267. The van der Waals surface area contributed by atoms with Crippen molar-refractivity contribution in [3.8, 4) is 17.6 Å². The Kier molecular flexibility index (Phi) is 4.93. The zero-order chi connectivity index (χ0) is 15.2. The normalized spacial score (nSPS) is 9.81. The van der Waals surface area contributed by atoms with Gasteiger partial charge in [-0.05, 0) is 30.0 Å². The number of thiophene rings is 1. The van der Waals surface area contributed by atoms with E-state index in [0.717, 1.165) is 16.0 Å². The van der Waals surface area contributed by atoms with Gasteiger partial charge in [-0.15, -0.1) is 11.3 Å². The van der Waals surface area contributed by atoms with Crippen LogP contribution in [-0.4, -0.2) is 11.5 Å². The molecule has 0 spiro atoms. The highest BCUT2D eigenvalue weighted by Gasteiger charge is 2.15. The SMILES string of the molecule is Cc1ccc(OCc2sccc2C#CCN)c([N+](=O)[O-])c1. The van der Waals surface area contributed by atoms with Crippen LogP contribution in [0.2, 0.25) is 0 Å². The van der Waals surface area contributed by atoms with Crippen molar-refractivity contribution in [2.24, 2.45) is 5.73 Å². The van der Waals surface area contributed by atoms with Crippen molar-refractivity contribution < 1.29 is 9.66 Å². The molecular formula is C15H14N2O3S. The van der Waals surface area contributed by atoms with Crippen LogP contribution in [0.5, 0.6) is 5.75 Å². The average molecular weight is 302 g/mol. The molecule has 0 aliphatic carbocycles. The third-order valence-corrected chi connectivity index (χ3v) is 3.63. The molecule has 2 aromatic rings. The van der Waals surface area contributed by atoms with Gasteiger partial charge in [0.2, 0.25) is 0 Å². The quantitative estimate of drug-likeness (QED) is 0.535. The minimum Gasteiger partial charge on any atom is -0.481 e. The molecule has 2 N–H and O–H groups in total. The van der Waals surface area contributed by atoms with Crippen LogP contribution in [0.1, 0.15) is 16.0 Å². The van der Waals surface area contributed by atoms with Gasteiger partial charge in [-0.25, -0.2) is 0 Å². The maximum absolute atomic E-state index is 11.0. The Bertz CT molecular complexity index is 713. The average Bonchev–Trinajstić information content (AvgIpc) is 2.91. The summed E-state index contributed by atoms with van der Waals surface area (Å²) in [5, 5.41) is 12.9.